The third-order valence-corrected chi connectivity index (χ3v) is 4.89. The second kappa shape index (κ2) is 9.90. The number of hydrogen-bond acceptors (Lipinski definition) is 6. The standard InChI is InChI=1S/C22H20ClN3O5/c1-15-20(22(23)25(24-15)13-17-4-3-5-19(12-17)30-2)10-11-21(27)31-14-16-6-8-18(9-7-16)26(28)29/h3-12H,13-14H2,1-2H3. The zero-order valence-corrected chi connectivity index (χ0v) is 17.7. The lowest BCUT2D eigenvalue weighted by atomic mass is 10.2. The normalized spacial score (nSPS) is 10.9. The molecule has 0 bridgehead atoms. The Labute approximate surface area is 183 Å². The summed E-state index contributed by atoms with van der Waals surface area (Å²) in [4.78, 5) is 22.2. The van der Waals surface area contributed by atoms with E-state index < -0.39 is 10.9 Å². The third kappa shape index (κ3) is 5.70. The number of aromatic nitrogens is 2. The van der Waals surface area contributed by atoms with E-state index in [0.29, 0.717) is 28.5 Å². The van der Waals surface area contributed by atoms with Crippen LogP contribution in [0.2, 0.25) is 5.15 Å². The molecular formula is C22H20ClN3O5. The van der Waals surface area contributed by atoms with Crippen LogP contribution in [0, 0.1) is 17.0 Å². The Hall–Kier alpha value is -3.65. The van der Waals surface area contributed by atoms with Crippen molar-refractivity contribution in [2.45, 2.75) is 20.1 Å². The highest BCUT2D eigenvalue weighted by Crippen LogP contribution is 2.23. The summed E-state index contributed by atoms with van der Waals surface area (Å²) in [6.45, 7) is 2.26. The number of ether oxygens (including phenoxy) is 2. The fourth-order valence-corrected chi connectivity index (χ4v) is 3.17. The summed E-state index contributed by atoms with van der Waals surface area (Å²) in [5, 5.41) is 15.5. The maximum absolute atomic E-state index is 12.1. The van der Waals surface area contributed by atoms with Gasteiger partial charge < -0.3 is 9.47 Å². The Bertz CT molecular complexity index is 1120. The van der Waals surface area contributed by atoms with Gasteiger partial charge >= 0.3 is 5.97 Å². The molecule has 3 aromatic rings. The van der Waals surface area contributed by atoms with E-state index in [1.165, 1.54) is 18.2 Å². The fraction of sp³-hybridized carbons (Fsp3) is 0.182. The molecule has 0 unspecified atom stereocenters. The minimum atomic E-state index is -0.561. The Morgan fingerprint density at radius 2 is 1.97 bits per heavy atom. The van der Waals surface area contributed by atoms with Crippen LogP contribution >= 0.6 is 11.6 Å². The number of nitro groups is 1. The molecule has 3 rings (SSSR count). The first-order valence-corrected chi connectivity index (χ1v) is 9.69. The van der Waals surface area contributed by atoms with Gasteiger partial charge in [-0.25, -0.2) is 9.48 Å². The number of nitrogens with zero attached hydrogens (tertiary/aromatic N) is 3. The number of esters is 1. The van der Waals surface area contributed by atoms with Gasteiger partial charge in [0.2, 0.25) is 0 Å². The largest absolute Gasteiger partial charge is 0.497 e. The van der Waals surface area contributed by atoms with Crippen molar-refractivity contribution in [1.82, 2.24) is 9.78 Å². The summed E-state index contributed by atoms with van der Waals surface area (Å²) < 4.78 is 12.1. The van der Waals surface area contributed by atoms with Gasteiger partial charge in [0.25, 0.3) is 5.69 Å². The molecule has 9 heteroatoms. The lowest BCUT2D eigenvalue weighted by molar-refractivity contribution is -0.384. The average molecular weight is 442 g/mol. The molecule has 2 aromatic carbocycles. The van der Waals surface area contributed by atoms with Gasteiger partial charge in [0.05, 0.1) is 24.3 Å². The van der Waals surface area contributed by atoms with Gasteiger partial charge in [0.1, 0.15) is 17.5 Å². The third-order valence-electron chi connectivity index (χ3n) is 4.49. The maximum Gasteiger partial charge on any atom is 0.331 e. The van der Waals surface area contributed by atoms with Crippen LogP contribution in [0.3, 0.4) is 0 Å². The first-order chi connectivity index (χ1) is 14.9. The highest BCUT2D eigenvalue weighted by atomic mass is 35.5. The van der Waals surface area contributed by atoms with E-state index in [0.717, 1.165) is 11.3 Å². The van der Waals surface area contributed by atoms with Crippen LogP contribution in [-0.4, -0.2) is 27.8 Å². The maximum atomic E-state index is 12.1. The van der Waals surface area contributed by atoms with E-state index in [2.05, 4.69) is 5.10 Å². The minimum Gasteiger partial charge on any atom is -0.497 e. The number of carbonyl (C=O) groups excluding carboxylic acids is 1. The first kappa shape index (κ1) is 22.0. The van der Waals surface area contributed by atoms with Crippen molar-refractivity contribution in [3.8, 4) is 5.75 Å². The molecule has 0 N–H and O–H groups in total. The molecule has 0 amide bonds. The molecule has 0 saturated heterocycles. The number of nitro benzene ring substituents is 1. The van der Waals surface area contributed by atoms with Crippen LogP contribution in [0.1, 0.15) is 22.4 Å². The van der Waals surface area contributed by atoms with E-state index in [1.54, 1.807) is 36.9 Å². The summed E-state index contributed by atoms with van der Waals surface area (Å²) >= 11 is 6.46. The Balaban J connectivity index is 1.63. The summed E-state index contributed by atoms with van der Waals surface area (Å²) in [5.41, 5.74) is 2.89. The van der Waals surface area contributed by atoms with E-state index in [-0.39, 0.29) is 12.3 Å². The van der Waals surface area contributed by atoms with Crippen LogP contribution in [0.4, 0.5) is 5.69 Å². The SMILES string of the molecule is COc1cccc(Cn2nc(C)c(C=CC(=O)OCc3ccc([N+](=O)[O-])cc3)c2Cl)c1. The molecule has 0 radical (unpaired) electrons. The minimum absolute atomic E-state index is 0.00296. The van der Waals surface area contributed by atoms with Crippen LogP contribution in [0.5, 0.6) is 5.75 Å². The van der Waals surface area contributed by atoms with Crippen LogP contribution in [0.15, 0.2) is 54.6 Å². The predicted molar refractivity (Wildman–Crippen MR) is 116 cm³/mol. The predicted octanol–water partition coefficient (Wildman–Crippen LogP) is 4.57. The average Bonchev–Trinajstić information content (AvgIpc) is 3.03. The molecule has 0 atom stereocenters. The number of halogens is 1. The Kier molecular flexibility index (Phi) is 7.04. The highest BCUT2D eigenvalue weighted by Gasteiger charge is 2.12. The van der Waals surface area contributed by atoms with Gasteiger partial charge in [-0.15, -0.1) is 0 Å². The number of benzene rings is 2. The molecule has 160 valence electrons. The molecule has 1 heterocycles. The highest BCUT2D eigenvalue weighted by molar-refractivity contribution is 6.31. The van der Waals surface area contributed by atoms with Crippen molar-refractivity contribution in [2.24, 2.45) is 0 Å². The summed E-state index contributed by atoms with van der Waals surface area (Å²) in [5.74, 6) is 0.183. The molecule has 0 aliphatic rings. The second-order valence-corrected chi connectivity index (χ2v) is 7.02. The number of aryl methyl sites for hydroxylation is 1. The topological polar surface area (TPSA) is 96.5 Å². The van der Waals surface area contributed by atoms with Crippen LogP contribution in [0.25, 0.3) is 6.08 Å². The molecule has 0 saturated carbocycles. The molecule has 8 nitrogen and oxygen atoms in total. The molecule has 0 fully saturated rings. The van der Waals surface area contributed by atoms with E-state index in [1.807, 2.05) is 24.3 Å². The lowest BCUT2D eigenvalue weighted by Crippen LogP contribution is -2.02. The summed E-state index contributed by atoms with van der Waals surface area (Å²) in [6, 6.07) is 13.4. The van der Waals surface area contributed by atoms with E-state index in [9.17, 15) is 14.9 Å². The van der Waals surface area contributed by atoms with Gasteiger partial charge in [-0.2, -0.15) is 5.10 Å². The number of hydrogen-bond donors (Lipinski definition) is 0. The van der Waals surface area contributed by atoms with Crippen molar-refractivity contribution < 1.29 is 19.2 Å². The number of rotatable bonds is 8. The molecular weight excluding hydrogens is 422 g/mol. The van der Waals surface area contributed by atoms with Gasteiger partial charge in [-0.3, -0.25) is 10.1 Å². The number of carbonyl (C=O) groups is 1. The molecule has 0 spiro atoms. The zero-order chi connectivity index (χ0) is 22.4. The zero-order valence-electron chi connectivity index (χ0n) is 16.9. The Morgan fingerprint density at radius 1 is 1.23 bits per heavy atom. The summed E-state index contributed by atoms with van der Waals surface area (Å²) in [7, 11) is 1.60. The smallest absolute Gasteiger partial charge is 0.331 e. The van der Waals surface area contributed by atoms with Gasteiger partial charge in [0.15, 0.2) is 0 Å². The van der Waals surface area contributed by atoms with Crippen molar-refractivity contribution in [2.75, 3.05) is 7.11 Å². The summed E-state index contributed by atoms with van der Waals surface area (Å²) in [6.07, 6.45) is 2.84. The molecule has 1 aromatic heterocycles. The molecule has 0 aliphatic carbocycles. The lowest BCUT2D eigenvalue weighted by Gasteiger charge is -2.06. The quantitative estimate of drug-likeness (QED) is 0.220. The van der Waals surface area contributed by atoms with Crippen molar-refractivity contribution in [1.29, 1.82) is 0 Å². The Morgan fingerprint density at radius 3 is 2.65 bits per heavy atom. The monoisotopic (exact) mass is 441 g/mol. The van der Waals surface area contributed by atoms with Crippen molar-refractivity contribution in [3.63, 3.8) is 0 Å². The van der Waals surface area contributed by atoms with Gasteiger partial charge in [0, 0.05) is 23.8 Å². The first-order valence-electron chi connectivity index (χ1n) is 9.31. The number of non-ortho nitro benzene ring substituents is 1. The van der Waals surface area contributed by atoms with Gasteiger partial charge in [-0.05, 0) is 48.4 Å². The van der Waals surface area contributed by atoms with Gasteiger partial charge in [-0.1, -0.05) is 23.7 Å². The van der Waals surface area contributed by atoms with Crippen molar-refractivity contribution >= 4 is 29.3 Å². The van der Waals surface area contributed by atoms with Crippen LogP contribution in [-0.2, 0) is 22.7 Å². The van der Waals surface area contributed by atoms with Crippen molar-refractivity contribution in [3.05, 3.63) is 92.3 Å². The number of methoxy groups -OCH3 is 1. The van der Waals surface area contributed by atoms with Crippen LogP contribution < -0.4 is 4.74 Å². The molecule has 0 aliphatic heterocycles. The molecule has 31 heavy (non-hydrogen) atoms. The second-order valence-electron chi connectivity index (χ2n) is 6.66. The van der Waals surface area contributed by atoms with E-state index >= 15 is 0 Å². The van der Waals surface area contributed by atoms with E-state index in [4.69, 9.17) is 21.1 Å². The fourth-order valence-electron chi connectivity index (χ4n) is 2.87.